The molecule has 0 aliphatic rings. The van der Waals surface area contributed by atoms with Crippen LogP contribution in [0.2, 0.25) is 6.32 Å². The molecular weight excluding hydrogens is 204 g/mol. The SMILES string of the molecule is [B][B][B][B][B]B([B][B][B][B])CCCCCCCC. The maximum atomic E-state index is 5.37. The Morgan fingerprint density at radius 2 is 1.39 bits per heavy atom. The number of unbranched alkanes of at least 4 members (excludes halogenated alkanes) is 5. The van der Waals surface area contributed by atoms with Crippen molar-refractivity contribution >= 4 is 71.4 Å². The van der Waals surface area contributed by atoms with Gasteiger partial charge in [-0.2, -0.15) is 0 Å². The molecule has 0 fully saturated rings. The molecule has 0 nitrogen and oxygen atoms in total. The molecule has 0 atom stereocenters. The van der Waals surface area contributed by atoms with Crippen LogP contribution in [0.4, 0.5) is 0 Å². The smallest absolute Gasteiger partial charge is 0.0452 e. The molecule has 0 aliphatic heterocycles. The lowest BCUT2D eigenvalue weighted by molar-refractivity contribution is 0.624. The first-order valence-corrected chi connectivity index (χ1v) is 7.12. The fourth-order valence-electron chi connectivity index (χ4n) is 1.89. The van der Waals surface area contributed by atoms with Gasteiger partial charge in [0.05, 0.1) is 0 Å². The first-order chi connectivity index (χ1) is 8.85. The van der Waals surface area contributed by atoms with Crippen LogP contribution in [-0.2, 0) is 0 Å². The molecule has 0 N–H and O–H groups in total. The van der Waals surface area contributed by atoms with E-state index in [2.05, 4.69) is 21.0 Å². The number of hydrogen-bond donors (Lipinski definition) is 0. The third-order valence-corrected chi connectivity index (χ3v) is 2.94. The average molecular weight is 221 g/mol. The van der Waals surface area contributed by atoms with E-state index in [0.717, 1.165) is 0 Å². The lowest BCUT2D eigenvalue weighted by Gasteiger charge is -2.12. The number of rotatable bonds is 14. The predicted octanol–water partition coefficient (Wildman–Crippen LogP) is -0.494. The Balaban J connectivity index is 3.51. The Kier molecular flexibility index (Phi) is 16.3. The van der Waals surface area contributed by atoms with E-state index in [1.165, 1.54) is 44.8 Å². The summed E-state index contributed by atoms with van der Waals surface area (Å²) in [5.74, 6) is 0. The van der Waals surface area contributed by atoms with Gasteiger partial charge in [0.25, 0.3) is 0 Å². The van der Waals surface area contributed by atoms with E-state index in [-0.39, 0.29) is 0 Å². The van der Waals surface area contributed by atoms with Gasteiger partial charge in [0.1, 0.15) is 0 Å². The molecule has 0 bridgehead atoms. The monoisotopic (exact) mass is 223 g/mol. The zero-order valence-corrected chi connectivity index (χ0v) is 11.7. The Morgan fingerprint density at radius 1 is 0.778 bits per heavy atom. The largest absolute Gasteiger partial charge is 0.0902 e. The van der Waals surface area contributed by atoms with Crippen molar-refractivity contribution < 1.29 is 0 Å². The van der Waals surface area contributed by atoms with Crippen molar-refractivity contribution in [3.8, 4) is 0 Å². The Morgan fingerprint density at radius 3 is 2.06 bits per heavy atom. The normalized spacial score (nSPS) is 9.17. The van der Waals surface area contributed by atoms with Crippen molar-refractivity contribution in [3.63, 3.8) is 0 Å². The third-order valence-electron chi connectivity index (χ3n) is 2.94. The summed E-state index contributed by atoms with van der Waals surface area (Å²) in [6.45, 7) is 2.71. The Bertz CT molecular complexity index is 157. The maximum Gasteiger partial charge on any atom is 0.0452 e. The minimum atomic E-state index is 0.465. The zero-order chi connectivity index (χ0) is 13.5. The van der Waals surface area contributed by atoms with Crippen molar-refractivity contribution in [2.75, 3.05) is 0 Å². The van der Waals surface area contributed by atoms with E-state index in [1.807, 2.05) is 21.2 Å². The van der Waals surface area contributed by atoms with Gasteiger partial charge in [0, 0.05) is 71.4 Å². The molecule has 79 valence electrons. The standard InChI is InChI=1S/C8H17B10/c1-2-3-4-5-6-7-8-18(16-14-12-10)17-15-13-11-9/h2-8H2,1H3. The molecule has 0 aromatic rings. The Hall–Kier alpha value is 0.649. The predicted molar refractivity (Wildman–Crippen MR) is 95.7 cm³/mol. The summed E-state index contributed by atoms with van der Waals surface area (Å²) in [5, 5.41) is 0. The number of hydrogen-bond acceptors (Lipinski definition) is 0. The van der Waals surface area contributed by atoms with Crippen molar-refractivity contribution in [1.29, 1.82) is 0 Å². The molecule has 0 aromatic carbocycles. The van der Waals surface area contributed by atoms with Crippen LogP contribution in [0.5, 0.6) is 0 Å². The third kappa shape index (κ3) is 13.1. The minimum Gasteiger partial charge on any atom is -0.0902 e. The van der Waals surface area contributed by atoms with Gasteiger partial charge in [-0.25, -0.2) is 0 Å². The van der Waals surface area contributed by atoms with E-state index in [4.69, 9.17) is 15.5 Å². The lowest BCUT2D eigenvalue weighted by atomic mass is 8.82. The molecule has 0 heterocycles. The summed E-state index contributed by atoms with van der Waals surface area (Å²) in [6.07, 6.45) is 9.21. The van der Waals surface area contributed by atoms with Crippen LogP contribution < -0.4 is 0 Å². The highest BCUT2D eigenvalue weighted by Gasteiger charge is 2.12. The average Bonchev–Trinajstić information content (AvgIpc) is 2.39. The van der Waals surface area contributed by atoms with Gasteiger partial charge in [0.15, 0.2) is 0 Å². The van der Waals surface area contributed by atoms with Crippen LogP contribution in [0, 0.1) is 0 Å². The van der Waals surface area contributed by atoms with Gasteiger partial charge >= 0.3 is 0 Å². The Labute approximate surface area is 123 Å². The highest BCUT2D eigenvalue weighted by Crippen LogP contribution is 2.08. The summed E-state index contributed by atoms with van der Waals surface area (Å²) >= 11 is 0. The molecule has 0 rings (SSSR count). The van der Waals surface area contributed by atoms with E-state index in [1.54, 1.807) is 14.1 Å². The second-order valence-corrected chi connectivity index (χ2v) is 4.57. The van der Waals surface area contributed by atoms with Gasteiger partial charge in [-0.3, -0.25) is 0 Å². The molecule has 0 spiro atoms. The molecule has 0 amide bonds. The highest BCUT2D eigenvalue weighted by atomic mass is 13.9. The van der Waals surface area contributed by atoms with Gasteiger partial charge in [-0.1, -0.05) is 51.8 Å². The first-order valence-electron chi connectivity index (χ1n) is 7.12. The topological polar surface area (TPSA) is 0 Å². The summed E-state index contributed by atoms with van der Waals surface area (Å²) in [5.41, 5.74) is 0. The van der Waals surface area contributed by atoms with E-state index >= 15 is 0 Å². The van der Waals surface area contributed by atoms with Gasteiger partial charge in [0.2, 0.25) is 0 Å². The molecule has 0 saturated heterocycles. The fraction of sp³-hybridized carbons (Fsp3) is 1.00. The van der Waals surface area contributed by atoms with E-state index in [9.17, 15) is 0 Å². The first kappa shape index (κ1) is 18.6. The van der Waals surface area contributed by atoms with Gasteiger partial charge < -0.3 is 0 Å². The second kappa shape index (κ2) is 15.7. The summed E-state index contributed by atoms with van der Waals surface area (Å²) in [4.78, 5) is 0. The zero-order valence-electron chi connectivity index (χ0n) is 11.7. The van der Waals surface area contributed by atoms with Crippen LogP contribution in [0.3, 0.4) is 0 Å². The van der Waals surface area contributed by atoms with Gasteiger partial charge in [-0.15, -0.1) is 0 Å². The molecule has 0 unspecified atom stereocenters. The highest BCUT2D eigenvalue weighted by molar-refractivity contribution is 7.72. The lowest BCUT2D eigenvalue weighted by Crippen LogP contribution is -2.41. The van der Waals surface area contributed by atoms with Gasteiger partial charge in [-0.05, 0) is 0 Å². The van der Waals surface area contributed by atoms with Crippen LogP contribution in [0.15, 0.2) is 0 Å². The van der Waals surface area contributed by atoms with Crippen LogP contribution in [0.1, 0.15) is 45.4 Å². The summed E-state index contributed by atoms with van der Waals surface area (Å²) < 4.78 is 0. The van der Waals surface area contributed by atoms with Crippen molar-refractivity contribution in [2.24, 2.45) is 0 Å². The molecule has 10 heteroatoms. The van der Waals surface area contributed by atoms with Crippen LogP contribution >= 0.6 is 0 Å². The quantitative estimate of drug-likeness (QED) is 0.274. The molecule has 0 saturated carbocycles. The molecule has 18 heavy (non-hydrogen) atoms. The van der Waals surface area contributed by atoms with Crippen LogP contribution in [0.25, 0.3) is 0 Å². The van der Waals surface area contributed by atoms with E-state index in [0.29, 0.717) is 6.49 Å². The molecule has 0 aromatic heterocycles. The maximum absolute atomic E-state index is 5.37. The van der Waals surface area contributed by atoms with Crippen molar-refractivity contribution in [3.05, 3.63) is 0 Å². The van der Waals surface area contributed by atoms with Crippen LogP contribution in [-0.4, -0.2) is 71.4 Å². The fourth-order valence-corrected chi connectivity index (χ4v) is 1.89. The minimum absolute atomic E-state index is 0.465. The molecular formula is C8H17B10. The van der Waals surface area contributed by atoms with E-state index < -0.39 is 0 Å². The summed E-state index contributed by atoms with van der Waals surface area (Å²) in [7, 11) is 23.9. The summed E-state index contributed by atoms with van der Waals surface area (Å²) in [6, 6.07) is 0. The second-order valence-electron chi connectivity index (χ2n) is 4.57. The van der Waals surface area contributed by atoms with Crippen molar-refractivity contribution in [2.45, 2.75) is 51.8 Å². The molecule has 0 aliphatic carbocycles. The molecule has 11 radical (unpaired) electrons. The van der Waals surface area contributed by atoms with Crippen molar-refractivity contribution in [1.82, 2.24) is 0 Å².